The van der Waals surface area contributed by atoms with Crippen LogP contribution in [-0.4, -0.2) is 50.9 Å². The van der Waals surface area contributed by atoms with Gasteiger partial charge < -0.3 is 15.0 Å². The molecule has 8 nitrogen and oxygen atoms in total. The number of hydrogen-bond acceptors (Lipinski definition) is 5. The molecule has 1 N–H and O–H groups in total. The molecule has 4 rings (SSSR count). The van der Waals surface area contributed by atoms with E-state index in [1.54, 1.807) is 31.2 Å². The van der Waals surface area contributed by atoms with Gasteiger partial charge in [0.15, 0.2) is 0 Å². The van der Waals surface area contributed by atoms with Crippen LogP contribution in [0.25, 0.3) is 0 Å². The van der Waals surface area contributed by atoms with E-state index < -0.39 is 28.5 Å². The maximum absolute atomic E-state index is 14.2. The molecule has 0 spiro atoms. The van der Waals surface area contributed by atoms with E-state index in [0.717, 1.165) is 52.2 Å². The van der Waals surface area contributed by atoms with Gasteiger partial charge in [-0.15, -0.1) is 0 Å². The number of aryl methyl sites for hydroxylation is 3. The number of hydrogen-bond donors (Lipinski definition) is 1. The lowest BCUT2D eigenvalue weighted by atomic mass is 10.1. The number of nitrogens with zero attached hydrogens (tertiary/aromatic N) is 2. The van der Waals surface area contributed by atoms with E-state index >= 15 is 0 Å². The van der Waals surface area contributed by atoms with Crippen molar-refractivity contribution in [3.8, 4) is 5.75 Å². The Morgan fingerprint density at radius 3 is 2.07 bits per heavy atom. The highest BCUT2D eigenvalue weighted by Gasteiger charge is 2.34. The molecule has 1 aliphatic rings. The molecule has 9 heteroatoms. The summed E-state index contributed by atoms with van der Waals surface area (Å²) in [5.74, 6) is -0.423. The summed E-state index contributed by atoms with van der Waals surface area (Å²) in [5.41, 5.74) is 3.89. The van der Waals surface area contributed by atoms with Gasteiger partial charge in [-0.1, -0.05) is 66.4 Å². The third-order valence-electron chi connectivity index (χ3n) is 7.83. The molecule has 1 saturated carbocycles. The molecule has 2 amide bonds. The van der Waals surface area contributed by atoms with Gasteiger partial charge in [-0.05, 0) is 75.9 Å². The van der Waals surface area contributed by atoms with Crippen LogP contribution in [0.1, 0.15) is 54.9 Å². The molecule has 0 heterocycles. The monoisotopic (exact) mass is 591 g/mol. The molecular formula is C33H41N3O5S. The number of methoxy groups -OCH3 is 1. The molecule has 0 aliphatic heterocycles. The summed E-state index contributed by atoms with van der Waals surface area (Å²) in [4.78, 5) is 29.1. The Balaban J connectivity index is 1.73. The van der Waals surface area contributed by atoms with E-state index in [1.165, 1.54) is 24.1 Å². The van der Waals surface area contributed by atoms with Crippen LogP contribution >= 0.6 is 0 Å². The molecule has 1 fully saturated rings. The summed E-state index contributed by atoms with van der Waals surface area (Å²) in [6.07, 6.45) is 3.96. The van der Waals surface area contributed by atoms with Gasteiger partial charge in [0, 0.05) is 12.6 Å². The molecule has 1 aliphatic carbocycles. The summed E-state index contributed by atoms with van der Waals surface area (Å²) in [7, 11) is -2.72. The summed E-state index contributed by atoms with van der Waals surface area (Å²) in [6.45, 7) is 7.04. The first-order valence-corrected chi connectivity index (χ1v) is 15.8. The second-order valence-corrected chi connectivity index (χ2v) is 13.0. The zero-order chi connectivity index (χ0) is 30.4. The number of carbonyl (C=O) groups is 2. The van der Waals surface area contributed by atoms with E-state index in [0.29, 0.717) is 5.75 Å². The predicted molar refractivity (Wildman–Crippen MR) is 165 cm³/mol. The molecule has 3 aromatic carbocycles. The van der Waals surface area contributed by atoms with Crippen molar-refractivity contribution in [3.05, 3.63) is 89.0 Å². The van der Waals surface area contributed by atoms with Crippen molar-refractivity contribution >= 4 is 27.5 Å². The van der Waals surface area contributed by atoms with E-state index in [9.17, 15) is 18.0 Å². The van der Waals surface area contributed by atoms with Crippen molar-refractivity contribution in [3.63, 3.8) is 0 Å². The fraction of sp³-hybridized carbons (Fsp3) is 0.394. The molecule has 0 aromatic heterocycles. The average molecular weight is 592 g/mol. The molecule has 0 bridgehead atoms. The van der Waals surface area contributed by atoms with Gasteiger partial charge in [0.1, 0.15) is 18.3 Å². The van der Waals surface area contributed by atoms with Crippen LogP contribution in [-0.2, 0) is 26.2 Å². The highest BCUT2D eigenvalue weighted by atomic mass is 32.2. The van der Waals surface area contributed by atoms with Gasteiger partial charge >= 0.3 is 0 Å². The van der Waals surface area contributed by atoms with E-state index in [-0.39, 0.29) is 29.1 Å². The third-order valence-corrected chi connectivity index (χ3v) is 9.61. The minimum Gasteiger partial charge on any atom is -0.495 e. The van der Waals surface area contributed by atoms with Gasteiger partial charge in [0.05, 0.1) is 17.7 Å². The second-order valence-electron chi connectivity index (χ2n) is 11.2. The Morgan fingerprint density at radius 1 is 0.905 bits per heavy atom. The Bertz CT molecular complexity index is 1500. The van der Waals surface area contributed by atoms with Crippen molar-refractivity contribution in [2.45, 2.75) is 76.9 Å². The van der Waals surface area contributed by atoms with E-state index in [2.05, 4.69) is 5.32 Å². The number of anilines is 1. The normalized spacial score (nSPS) is 14.3. The summed E-state index contributed by atoms with van der Waals surface area (Å²) < 4.78 is 34.9. The highest BCUT2D eigenvalue weighted by molar-refractivity contribution is 7.92. The van der Waals surface area contributed by atoms with E-state index in [1.807, 2.05) is 51.1 Å². The lowest BCUT2D eigenvalue weighted by Gasteiger charge is -2.33. The number of nitrogens with one attached hydrogen (secondary N) is 1. The minimum atomic E-state index is -4.19. The number of amides is 2. The highest BCUT2D eigenvalue weighted by Crippen LogP contribution is 2.34. The molecule has 0 saturated heterocycles. The number of rotatable bonds is 11. The van der Waals surface area contributed by atoms with E-state index in [4.69, 9.17) is 4.74 Å². The number of benzene rings is 3. The summed E-state index contributed by atoms with van der Waals surface area (Å²) in [6, 6.07) is 18.7. The Morgan fingerprint density at radius 2 is 1.48 bits per heavy atom. The zero-order valence-corrected chi connectivity index (χ0v) is 25.9. The fourth-order valence-corrected chi connectivity index (χ4v) is 6.63. The smallest absolute Gasteiger partial charge is 0.264 e. The first-order chi connectivity index (χ1) is 20.0. The Labute approximate surface area is 249 Å². The largest absolute Gasteiger partial charge is 0.495 e. The summed E-state index contributed by atoms with van der Waals surface area (Å²) in [5, 5.41) is 3.10. The van der Waals surface area contributed by atoms with Crippen LogP contribution in [0.3, 0.4) is 0 Å². The lowest BCUT2D eigenvalue weighted by molar-refractivity contribution is -0.139. The van der Waals surface area contributed by atoms with Crippen molar-refractivity contribution in [2.24, 2.45) is 0 Å². The zero-order valence-electron chi connectivity index (χ0n) is 25.1. The quantitative estimate of drug-likeness (QED) is 0.327. The van der Waals surface area contributed by atoms with Gasteiger partial charge in [0.25, 0.3) is 10.0 Å². The van der Waals surface area contributed by atoms with Crippen molar-refractivity contribution in [2.75, 3.05) is 18.0 Å². The average Bonchev–Trinajstić information content (AvgIpc) is 3.48. The minimum absolute atomic E-state index is 0.0570. The first-order valence-electron chi connectivity index (χ1n) is 14.4. The van der Waals surface area contributed by atoms with Crippen LogP contribution < -0.4 is 14.4 Å². The number of carbonyl (C=O) groups excluding carboxylic acids is 2. The van der Waals surface area contributed by atoms with Gasteiger partial charge in [-0.3, -0.25) is 13.9 Å². The van der Waals surface area contributed by atoms with Crippen LogP contribution in [0, 0.1) is 20.8 Å². The maximum atomic E-state index is 14.2. The molecule has 3 aromatic rings. The van der Waals surface area contributed by atoms with Crippen molar-refractivity contribution in [1.82, 2.24) is 10.2 Å². The van der Waals surface area contributed by atoms with Crippen molar-refractivity contribution in [1.29, 1.82) is 0 Å². The molecule has 42 heavy (non-hydrogen) atoms. The fourth-order valence-electron chi connectivity index (χ4n) is 5.21. The van der Waals surface area contributed by atoms with Crippen LogP contribution in [0.2, 0.25) is 0 Å². The van der Waals surface area contributed by atoms with Gasteiger partial charge in [-0.2, -0.15) is 0 Å². The SMILES string of the molecule is COc1ccc(C)cc1N(CC(=O)N(Cc1ccc(C)cc1)[C@H](C)C(=O)NC1CCCC1)S(=O)(=O)c1ccc(C)cc1. The van der Waals surface area contributed by atoms with Crippen molar-refractivity contribution < 1.29 is 22.7 Å². The molecular weight excluding hydrogens is 550 g/mol. The Kier molecular flexibility index (Phi) is 9.93. The van der Waals surface area contributed by atoms with Crippen LogP contribution in [0.5, 0.6) is 5.75 Å². The first kappa shape index (κ1) is 31.1. The van der Waals surface area contributed by atoms with Crippen LogP contribution in [0.4, 0.5) is 5.69 Å². The number of sulfonamides is 1. The molecule has 224 valence electrons. The maximum Gasteiger partial charge on any atom is 0.264 e. The molecule has 1 atom stereocenters. The second kappa shape index (κ2) is 13.4. The molecule has 0 radical (unpaired) electrons. The molecule has 0 unspecified atom stereocenters. The van der Waals surface area contributed by atoms with Gasteiger partial charge in [-0.25, -0.2) is 8.42 Å². The topological polar surface area (TPSA) is 96.0 Å². The van der Waals surface area contributed by atoms with Gasteiger partial charge in [0.2, 0.25) is 11.8 Å². The Hall–Kier alpha value is -3.85. The predicted octanol–water partition coefficient (Wildman–Crippen LogP) is 5.29. The van der Waals surface area contributed by atoms with Crippen LogP contribution in [0.15, 0.2) is 71.6 Å². The number of ether oxygens (including phenoxy) is 1. The lowest BCUT2D eigenvalue weighted by Crippen LogP contribution is -2.52. The summed E-state index contributed by atoms with van der Waals surface area (Å²) >= 11 is 0. The third kappa shape index (κ3) is 7.31. The standard InChI is InChI=1S/C33H41N3O5S/c1-23-10-15-27(16-11-23)21-35(26(4)33(38)34-28-8-6-7-9-28)32(37)22-36(30-20-25(3)14-19-31(30)41-5)42(39,40)29-17-12-24(2)13-18-29/h10-20,26,28H,6-9,21-22H2,1-5H3,(H,34,38)/t26-/m1/s1.